The van der Waals surface area contributed by atoms with Gasteiger partial charge in [0.15, 0.2) is 52.5 Å². The summed E-state index contributed by atoms with van der Waals surface area (Å²) in [6, 6.07) is 0. The van der Waals surface area contributed by atoms with Crippen LogP contribution in [0.1, 0.15) is 120 Å². The molecule has 2 heterocycles. The van der Waals surface area contributed by atoms with Crippen LogP contribution in [-0.2, 0) is 42.9 Å². The number of aliphatic imine (C=N–C) groups is 1. The first-order valence-electron chi connectivity index (χ1n) is 23.0. The topological polar surface area (TPSA) is 175 Å². The molecule has 2 aliphatic heterocycles. The van der Waals surface area contributed by atoms with E-state index in [1.807, 2.05) is 20.8 Å². The fourth-order valence-electron chi connectivity index (χ4n) is 16.1. The summed E-state index contributed by atoms with van der Waals surface area (Å²) in [6.07, 6.45) is 6.24. The number of ketones is 4. The van der Waals surface area contributed by atoms with Crippen molar-refractivity contribution in [1.29, 1.82) is 0 Å². The van der Waals surface area contributed by atoms with E-state index < -0.39 is 98.8 Å². The molecule has 350 valence electrons. The molecule has 0 amide bonds. The highest BCUT2D eigenvalue weighted by Crippen LogP contribution is 2.74. The van der Waals surface area contributed by atoms with Crippen molar-refractivity contribution in [2.24, 2.45) is 50.3 Å². The van der Waals surface area contributed by atoms with Crippen molar-refractivity contribution in [3.8, 4) is 0 Å². The number of alkyl halides is 3. The molecule has 12 nitrogen and oxygen atoms in total. The lowest BCUT2D eigenvalue weighted by molar-refractivity contribution is -0.250. The van der Waals surface area contributed by atoms with Gasteiger partial charge < -0.3 is 29.2 Å². The molecule has 8 aliphatic carbocycles. The number of carbonyl (C=O) groups excluding carboxylic acids is 5. The van der Waals surface area contributed by atoms with Crippen molar-refractivity contribution in [3.63, 3.8) is 0 Å². The highest BCUT2D eigenvalue weighted by molar-refractivity contribution is 6.29. The zero-order valence-corrected chi connectivity index (χ0v) is 38.8. The molecule has 2 N–H and O–H groups in total. The first kappa shape index (κ1) is 46.0. The zero-order chi connectivity index (χ0) is 46.6. The van der Waals surface area contributed by atoms with Gasteiger partial charge in [-0.15, -0.1) is 11.6 Å². The van der Waals surface area contributed by atoms with Gasteiger partial charge in [0, 0.05) is 53.8 Å². The summed E-state index contributed by atoms with van der Waals surface area (Å²) < 4.78 is 58.0. The van der Waals surface area contributed by atoms with E-state index in [2.05, 4.69) is 4.99 Å². The van der Waals surface area contributed by atoms with E-state index in [1.54, 1.807) is 39.8 Å². The largest absolute Gasteiger partial charge is 0.475 e. The van der Waals surface area contributed by atoms with Crippen LogP contribution in [0.25, 0.3) is 0 Å². The number of ether oxygens (including phenoxy) is 4. The smallest absolute Gasteiger partial charge is 0.303 e. The molecule has 10 rings (SSSR count). The standard InChI is InChI=1S/C25H30FNO6.C24H32ClFO5/c1-13-27-25(20(31)12-32-14(2)28)21(33-13)10-18-17-6-5-15-9-16(29)7-8-22(15,3)24(17,26)19(30)11-23(18,25)4;1-20(2)30-19-10-16-15-6-5-13-9-14(27)7-8-21(13,3)23(15,26)17(28)11-22(16,4)24(19,31-20)18(29)12-25/h7-9,17-19,21,30H,5-6,10-12H2,1-4H3;9,15-17,19,28H,5-8,10-12H2,1-4H3/t17-,18-,19-,21+,22-,23-,24-,25+;15-,16-,17-,19+,21-,22-,23-,24+/m00/s1. The lowest BCUT2D eigenvalue weighted by Gasteiger charge is -2.63. The van der Waals surface area contributed by atoms with E-state index in [0.717, 1.165) is 5.57 Å². The normalized spacial score (nSPS) is 49.9. The van der Waals surface area contributed by atoms with Crippen molar-refractivity contribution < 1.29 is 61.9 Å². The van der Waals surface area contributed by atoms with Gasteiger partial charge in [0.25, 0.3) is 0 Å². The van der Waals surface area contributed by atoms with Gasteiger partial charge in [0.1, 0.15) is 11.8 Å². The molecule has 16 atom stereocenters. The number of hydrogen-bond donors (Lipinski definition) is 2. The van der Waals surface area contributed by atoms with Crippen LogP contribution >= 0.6 is 11.6 Å². The Morgan fingerprint density at radius 2 is 1.45 bits per heavy atom. The predicted molar refractivity (Wildman–Crippen MR) is 228 cm³/mol. The van der Waals surface area contributed by atoms with Crippen LogP contribution in [0, 0.1) is 45.3 Å². The summed E-state index contributed by atoms with van der Waals surface area (Å²) in [7, 11) is 0. The molecule has 0 aromatic carbocycles. The van der Waals surface area contributed by atoms with Gasteiger partial charge in [0.2, 0.25) is 5.78 Å². The van der Waals surface area contributed by atoms with Gasteiger partial charge in [-0.05, 0) is 109 Å². The highest BCUT2D eigenvalue weighted by atomic mass is 35.5. The maximum absolute atomic E-state index is 17.2. The molecule has 64 heavy (non-hydrogen) atoms. The second kappa shape index (κ2) is 14.4. The fourth-order valence-corrected chi connectivity index (χ4v) is 16.3. The maximum Gasteiger partial charge on any atom is 0.303 e. The monoisotopic (exact) mass is 913 g/mol. The molecule has 6 saturated carbocycles. The number of aliphatic hydroxyl groups excluding tert-OH is 2. The Kier molecular flexibility index (Phi) is 10.4. The fraction of sp³-hybridized carbons (Fsp3) is 0.755. The Hall–Kier alpha value is -3.17. The molecule has 0 spiro atoms. The van der Waals surface area contributed by atoms with Crippen molar-refractivity contribution >= 4 is 46.6 Å². The molecule has 0 aromatic rings. The summed E-state index contributed by atoms with van der Waals surface area (Å²) in [5.41, 5.74) is -8.60. The van der Waals surface area contributed by atoms with Crippen molar-refractivity contribution in [2.75, 3.05) is 12.5 Å². The number of nitrogens with zero attached hydrogens (tertiary/aromatic N) is 1. The van der Waals surface area contributed by atoms with Crippen molar-refractivity contribution in [1.82, 2.24) is 0 Å². The number of allylic oxidation sites excluding steroid dienone is 5. The molecule has 0 aromatic heterocycles. The number of hydrogen-bond acceptors (Lipinski definition) is 12. The van der Waals surface area contributed by atoms with E-state index >= 15 is 8.78 Å². The van der Waals surface area contributed by atoms with Crippen LogP contribution in [0.3, 0.4) is 0 Å². The zero-order valence-electron chi connectivity index (χ0n) is 38.1. The van der Waals surface area contributed by atoms with Gasteiger partial charge in [-0.1, -0.05) is 38.0 Å². The van der Waals surface area contributed by atoms with E-state index in [-0.39, 0.29) is 53.7 Å². The second-order valence-electron chi connectivity index (χ2n) is 22.0. The Morgan fingerprint density at radius 1 is 0.844 bits per heavy atom. The van der Waals surface area contributed by atoms with Crippen molar-refractivity contribution in [2.45, 2.75) is 172 Å². The Balaban J connectivity index is 0.000000162. The minimum absolute atomic E-state index is 0.0117. The second-order valence-corrected chi connectivity index (χ2v) is 22.2. The third kappa shape index (κ3) is 5.58. The van der Waals surface area contributed by atoms with Gasteiger partial charge in [-0.3, -0.25) is 24.0 Å². The number of Topliss-reactive ketones (excluding diaryl/α,β-unsaturated/α-hetero) is 2. The Bertz CT molecular complexity index is 2240. The van der Waals surface area contributed by atoms with Crippen LogP contribution in [-0.4, -0.2) is 110 Å². The molecular formula is C49H62ClF2NO11. The number of rotatable bonds is 5. The quantitative estimate of drug-likeness (QED) is 0.226. The highest BCUT2D eigenvalue weighted by Gasteiger charge is 2.81. The Morgan fingerprint density at radius 3 is 2.12 bits per heavy atom. The summed E-state index contributed by atoms with van der Waals surface area (Å²) in [6.45, 7) is 13.5. The summed E-state index contributed by atoms with van der Waals surface area (Å²) >= 11 is 6.05. The van der Waals surface area contributed by atoms with E-state index in [9.17, 15) is 34.2 Å². The molecule has 0 radical (unpaired) electrons. The number of esters is 1. The SMILES string of the molecule is CC(=O)OCC(=O)[C@@]12N=C(C)O[C@@H]1C[C@H]1[C@@H]3CCC4=CC(=O)C=C[C@]4(C)[C@@]3(F)[C@@H](O)C[C@@]12C.CC1(C)O[C@@H]2C[C@H]3[C@@H]4CCC5=CC(=O)CC[C@]5(C)[C@@]4(F)[C@@H](O)C[C@]3(C)[C@]2(C(=O)CCl)O1. The number of halogens is 3. The molecule has 10 aliphatic rings. The molecule has 0 bridgehead atoms. The van der Waals surface area contributed by atoms with E-state index in [4.69, 9.17) is 30.5 Å². The van der Waals surface area contributed by atoms with Gasteiger partial charge >= 0.3 is 5.97 Å². The van der Waals surface area contributed by atoms with Gasteiger partial charge in [0.05, 0.1) is 24.2 Å². The van der Waals surface area contributed by atoms with E-state index in [1.165, 1.54) is 19.1 Å². The molecular weight excluding hydrogens is 852 g/mol. The van der Waals surface area contributed by atoms with Crippen LogP contribution in [0.15, 0.2) is 40.4 Å². The number of fused-ring (bicyclic) bond motifs is 14. The number of aliphatic hydroxyl groups is 2. The molecule has 15 heteroatoms. The summed E-state index contributed by atoms with van der Waals surface area (Å²) in [5.74, 6) is -3.58. The lowest BCUT2D eigenvalue weighted by atomic mass is 9.44. The average molecular weight is 914 g/mol. The van der Waals surface area contributed by atoms with Crippen LogP contribution in [0.5, 0.6) is 0 Å². The minimum atomic E-state index is -1.99. The summed E-state index contributed by atoms with van der Waals surface area (Å²) in [5, 5.41) is 22.9. The number of carbonyl (C=O) groups is 5. The molecule has 1 saturated heterocycles. The third-order valence-electron chi connectivity index (χ3n) is 18.9. The van der Waals surface area contributed by atoms with Crippen molar-refractivity contribution in [3.05, 3.63) is 35.5 Å². The lowest BCUT2D eigenvalue weighted by Crippen LogP contribution is -2.70. The third-order valence-corrected chi connectivity index (χ3v) is 19.1. The minimum Gasteiger partial charge on any atom is -0.475 e. The average Bonchev–Trinajstić information content (AvgIpc) is 3.86. The Labute approximate surface area is 378 Å². The molecule has 0 unspecified atom stereocenters. The van der Waals surface area contributed by atoms with Crippen LogP contribution in [0.2, 0.25) is 0 Å². The first-order chi connectivity index (χ1) is 29.8. The predicted octanol–water partition coefficient (Wildman–Crippen LogP) is 6.54. The van der Waals surface area contributed by atoms with Crippen LogP contribution < -0.4 is 0 Å². The van der Waals surface area contributed by atoms with E-state index in [0.29, 0.717) is 62.8 Å². The maximum atomic E-state index is 17.2. The van der Waals surface area contributed by atoms with Gasteiger partial charge in [-0.2, -0.15) is 0 Å². The molecule has 7 fully saturated rings. The first-order valence-corrected chi connectivity index (χ1v) is 23.6. The van der Waals surface area contributed by atoms with Crippen LogP contribution in [0.4, 0.5) is 8.78 Å². The van der Waals surface area contributed by atoms with Gasteiger partial charge in [-0.25, -0.2) is 13.8 Å². The summed E-state index contributed by atoms with van der Waals surface area (Å²) in [4.78, 5) is 66.9.